The summed E-state index contributed by atoms with van der Waals surface area (Å²) >= 11 is 0. The van der Waals surface area contributed by atoms with Crippen LogP contribution in [0.3, 0.4) is 0 Å². The molecular weight excluding hydrogens is 242 g/mol. The van der Waals surface area contributed by atoms with Crippen LogP contribution in [-0.4, -0.2) is 16.1 Å². The van der Waals surface area contributed by atoms with Crippen LogP contribution in [-0.2, 0) is 0 Å². The Morgan fingerprint density at radius 3 is 1.95 bits per heavy atom. The second kappa shape index (κ2) is 5.02. The van der Waals surface area contributed by atoms with Crippen LogP contribution in [0.4, 0.5) is 5.69 Å². The fourth-order valence-corrected chi connectivity index (χ4v) is 1.95. The van der Waals surface area contributed by atoms with Gasteiger partial charge in [-0.1, -0.05) is 24.3 Å². The normalized spacial score (nSPS) is 10.2. The molecule has 4 nitrogen and oxygen atoms in total. The number of phenolic OH excluding ortho intramolecular Hbond substituents is 2. The van der Waals surface area contributed by atoms with Gasteiger partial charge in [0.05, 0.1) is 0 Å². The maximum atomic E-state index is 12.1. The summed E-state index contributed by atoms with van der Waals surface area (Å²) in [7, 11) is 0. The van der Waals surface area contributed by atoms with Crippen molar-refractivity contribution in [3.8, 4) is 11.5 Å². The number of amides is 1. The van der Waals surface area contributed by atoms with Crippen molar-refractivity contribution in [2.24, 2.45) is 0 Å². The molecule has 0 heterocycles. The minimum absolute atomic E-state index is 0.120. The van der Waals surface area contributed by atoms with Crippen LogP contribution in [0, 0.1) is 13.8 Å². The number of phenols is 2. The van der Waals surface area contributed by atoms with Crippen LogP contribution in [0.1, 0.15) is 21.5 Å². The molecule has 0 radical (unpaired) electrons. The molecule has 2 aromatic carbocycles. The van der Waals surface area contributed by atoms with E-state index in [1.54, 1.807) is 0 Å². The van der Waals surface area contributed by atoms with Crippen LogP contribution in [0.25, 0.3) is 0 Å². The van der Waals surface area contributed by atoms with E-state index in [0.29, 0.717) is 5.69 Å². The Hall–Kier alpha value is -2.49. The van der Waals surface area contributed by atoms with Crippen LogP contribution in [0.2, 0.25) is 0 Å². The Balaban J connectivity index is 2.37. The van der Waals surface area contributed by atoms with Gasteiger partial charge in [0.25, 0.3) is 5.91 Å². The second-order valence-corrected chi connectivity index (χ2v) is 4.39. The maximum Gasteiger partial charge on any atom is 0.263 e. The summed E-state index contributed by atoms with van der Waals surface area (Å²) < 4.78 is 0. The number of aromatic hydroxyl groups is 2. The van der Waals surface area contributed by atoms with Crippen molar-refractivity contribution in [2.75, 3.05) is 5.32 Å². The van der Waals surface area contributed by atoms with Crippen LogP contribution in [0.5, 0.6) is 11.5 Å². The SMILES string of the molecule is Cc1cccc(C)c1NC(=O)c1c(O)cccc1O. The fourth-order valence-electron chi connectivity index (χ4n) is 1.95. The smallest absolute Gasteiger partial charge is 0.263 e. The van der Waals surface area contributed by atoms with E-state index >= 15 is 0 Å². The maximum absolute atomic E-state index is 12.1. The van der Waals surface area contributed by atoms with Crippen molar-refractivity contribution in [3.63, 3.8) is 0 Å². The molecule has 0 aliphatic carbocycles. The molecule has 0 bridgehead atoms. The predicted octanol–water partition coefficient (Wildman–Crippen LogP) is 2.97. The van der Waals surface area contributed by atoms with E-state index in [-0.39, 0.29) is 17.1 Å². The highest BCUT2D eigenvalue weighted by atomic mass is 16.3. The first-order chi connectivity index (χ1) is 9.00. The predicted molar refractivity (Wildman–Crippen MR) is 73.6 cm³/mol. The van der Waals surface area contributed by atoms with Crippen LogP contribution < -0.4 is 5.32 Å². The molecule has 0 fully saturated rings. The summed E-state index contributed by atoms with van der Waals surface area (Å²) in [6, 6.07) is 9.86. The highest BCUT2D eigenvalue weighted by Crippen LogP contribution is 2.28. The first-order valence-electron chi connectivity index (χ1n) is 5.89. The number of hydrogen-bond acceptors (Lipinski definition) is 3. The summed E-state index contributed by atoms with van der Waals surface area (Å²) in [4.78, 5) is 12.1. The van der Waals surface area contributed by atoms with E-state index in [0.717, 1.165) is 11.1 Å². The molecule has 4 heteroatoms. The van der Waals surface area contributed by atoms with E-state index in [4.69, 9.17) is 0 Å². The Morgan fingerprint density at radius 1 is 0.947 bits per heavy atom. The molecule has 2 aromatic rings. The Kier molecular flexibility index (Phi) is 3.42. The molecule has 19 heavy (non-hydrogen) atoms. The Labute approximate surface area is 111 Å². The summed E-state index contributed by atoms with van der Waals surface area (Å²) in [6.45, 7) is 3.76. The van der Waals surface area contributed by atoms with E-state index in [2.05, 4.69) is 5.32 Å². The zero-order valence-electron chi connectivity index (χ0n) is 10.8. The monoisotopic (exact) mass is 257 g/mol. The third-order valence-electron chi connectivity index (χ3n) is 2.97. The summed E-state index contributed by atoms with van der Waals surface area (Å²) in [5.41, 5.74) is 2.41. The minimum Gasteiger partial charge on any atom is -0.507 e. The van der Waals surface area contributed by atoms with Gasteiger partial charge in [-0.25, -0.2) is 0 Å². The van der Waals surface area contributed by atoms with Crippen LogP contribution in [0.15, 0.2) is 36.4 Å². The zero-order chi connectivity index (χ0) is 14.0. The van der Waals surface area contributed by atoms with Crippen molar-refractivity contribution in [1.82, 2.24) is 0 Å². The summed E-state index contributed by atoms with van der Waals surface area (Å²) in [6.07, 6.45) is 0. The third-order valence-corrected chi connectivity index (χ3v) is 2.97. The third kappa shape index (κ3) is 2.52. The molecule has 0 aromatic heterocycles. The Bertz CT molecular complexity index is 595. The quantitative estimate of drug-likeness (QED) is 0.774. The molecule has 0 saturated heterocycles. The number of anilines is 1. The lowest BCUT2D eigenvalue weighted by Gasteiger charge is -2.12. The van der Waals surface area contributed by atoms with E-state index < -0.39 is 5.91 Å². The number of carbonyl (C=O) groups is 1. The molecule has 2 rings (SSSR count). The summed E-state index contributed by atoms with van der Waals surface area (Å²) in [5.74, 6) is -1.03. The number of hydrogen-bond donors (Lipinski definition) is 3. The Morgan fingerprint density at radius 2 is 1.42 bits per heavy atom. The minimum atomic E-state index is -0.534. The highest BCUT2D eigenvalue weighted by Gasteiger charge is 2.17. The van der Waals surface area contributed by atoms with Gasteiger partial charge >= 0.3 is 0 Å². The molecule has 0 aliphatic heterocycles. The molecule has 0 unspecified atom stereocenters. The van der Waals surface area contributed by atoms with Gasteiger partial charge in [-0.15, -0.1) is 0 Å². The van der Waals surface area contributed by atoms with E-state index in [1.165, 1.54) is 18.2 Å². The van der Waals surface area contributed by atoms with Gasteiger partial charge in [-0.2, -0.15) is 0 Å². The van der Waals surface area contributed by atoms with Crippen molar-refractivity contribution < 1.29 is 15.0 Å². The lowest BCUT2D eigenvalue weighted by molar-refractivity contribution is 0.102. The highest BCUT2D eigenvalue weighted by molar-refractivity contribution is 6.08. The van der Waals surface area contributed by atoms with Gasteiger partial charge in [-0.05, 0) is 37.1 Å². The fraction of sp³-hybridized carbons (Fsp3) is 0.133. The van der Waals surface area contributed by atoms with E-state index in [9.17, 15) is 15.0 Å². The molecule has 0 saturated carbocycles. The van der Waals surface area contributed by atoms with Gasteiger partial charge in [0.15, 0.2) is 0 Å². The first kappa shape index (κ1) is 13.0. The largest absolute Gasteiger partial charge is 0.507 e. The van der Waals surface area contributed by atoms with Crippen molar-refractivity contribution in [2.45, 2.75) is 13.8 Å². The van der Waals surface area contributed by atoms with Gasteiger partial charge in [-0.3, -0.25) is 4.79 Å². The lowest BCUT2D eigenvalue weighted by Crippen LogP contribution is -2.14. The van der Waals surface area contributed by atoms with Gasteiger partial charge in [0.1, 0.15) is 17.1 Å². The number of nitrogens with one attached hydrogen (secondary N) is 1. The van der Waals surface area contributed by atoms with Gasteiger partial charge < -0.3 is 15.5 Å². The number of para-hydroxylation sites is 1. The number of rotatable bonds is 2. The van der Waals surface area contributed by atoms with Gasteiger partial charge in [0, 0.05) is 5.69 Å². The summed E-state index contributed by atoms with van der Waals surface area (Å²) in [5, 5.41) is 22.0. The molecule has 98 valence electrons. The zero-order valence-corrected chi connectivity index (χ0v) is 10.8. The molecule has 3 N–H and O–H groups in total. The van der Waals surface area contributed by atoms with Crippen molar-refractivity contribution in [1.29, 1.82) is 0 Å². The number of carbonyl (C=O) groups excluding carboxylic acids is 1. The number of aryl methyl sites for hydroxylation is 2. The molecule has 0 spiro atoms. The average Bonchev–Trinajstić information content (AvgIpc) is 2.34. The topological polar surface area (TPSA) is 69.6 Å². The number of benzene rings is 2. The van der Waals surface area contributed by atoms with Gasteiger partial charge in [0.2, 0.25) is 0 Å². The van der Waals surface area contributed by atoms with Crippen molar-refractivity contribution >= 4 is 11.6 Å². The molecular formula is C15H15NO3. The van der Waals surface area contributed by atoms with Crippen LogP contribution >= 0.6 is 0 Å². The first-order valence-corrected chi connectivity index (χ1v) is 5.89. The van der Waals surface area contributed by atoms with E-state index in [1.807, 2.05) is 32.0 Å². The molecule has 0 atom stereocenters. The second-order valence-electron chi connectivity index (χ2n) is 4.39. The average molecular weight is 257 g/mol. The lowest BCUT2D eigenvalue weighted by atomic mass is 10.1. The molecule has 0 aliphatic rings. The standard InChI is InChI=1S/C15H15NO3/c1-9-5-3-6-10(2)14(9)16-15(19)13-11(17)7-4-8-12(13)18/h3-8,17-18H,1-2H3,(H,16,19). The molecule has 1 amide bonds. The van der Waals surface area contributed by atoms with Crippen molar-refractivity contribution in [3.05, 3.63) is 53.1 Å².